The van der Waals surface area contributed by atoms with Gasteiger partial charge in [0.2, 0.25) is 0 Å². The van der Waals surface area contributed by atoms with Crippen LogP contribution in [-0.4, -0.2) is 34.9 Å². The highest BCUT2D eigenvalue weighted by Crippen LogP contribution is 2.16. The lowest BCUT2D eigenvalue weighted by molar-refractivity contribution is -0.146. The number of rotatable bonds is 6. The lowest BCUT2D eigenvalue weighted by Crippen LogP contribution is -2.33. The van der Waals surface area contributed by atoms with Crippen LogP contribution >= 0.6 is 0 Å². The number of hydrogen-bond donors (Lipinski definition) is 4. The Bertz CT molecular complexity index is 457. The molecule has 0 spiro atoms. The van der Waals surface area contributed by atoms with Crippen LogP contribution in [0.25, 0.3) is 0 Å². The summed E-state index contributed by atoms with van der Waals surface area (Å²) in [6.45, 7) is 4.26. The van der Waals surface area contributed by atoms with E-state index in [-0.39, 0.29) is 13.0 Å². The molecule has 0 saturated heterocycles. The van der Waals surface area contributed by atoms with Gasteiger partial charge < -0.3 is 20.8 Å². The first-order valence-corrected chi connectivity index (χ1v) is 6.46. The van der Waals surface area contributed by atoms with Gasteiger partial charge in [0.1, 0.15) is 0 Å². The van der Waals surface area contributed by atoms with E-state index in [2.05, 4.69) is 24.5 Å². The monoisotopic (exact) mass is 280 g/mol. The molecule has 4 N–H and O–H groups in total. The van der Waals surface area contributed by atoms with E-state index >= 15 is 0 Å². The second-order valence-electron chi connectivity index (χ2n) is 4.80. The summed E-state index contributed by atoms with van der Waals surface area (Å²) in [5.74, 6) is -0.869. The van der Waals surface area contributed by atoms with Crippen molar-refractivity contribution in [1.82, 2.24) is 5.32 Å². The quantitative estimate of drug-likeness (QED) is 0.638. The van der Waals surface area contributed by atoms with E-state index in [1.807, 2.05) is 12.1 Å². The van der Waals surface area contributed by atoms with E-state index in [0.717, 1.165) is 0 Å². The summed E-state index contributed by atoms with van der Waals surface area (Å²) in [5, 5.41) is 22.6. The van der Waals surface area contributed by atoms with Crippen molar-refractivity contribution in [2.45, 2.75) is 32.3 Å². The number of anilines is 1. The molecular weight excluding hydrogens is 260 g/mol. The number of aliphatic hydroxyl groups excluding tert-OH is 1. The third-order valence-corrected chi connectivity index (χ3v) is 2.82. The lowest BCUT2D eigenvalue weighted by atomic mass is 10.0. The van der Waals surface area contributed by atoms with Crippen LogP contribution in [0, 0.1) is 0 Å². The third kappa shape index (κ3) is 5.27. The fraction of sp³-hybridized carbons (Fsp3) is 0.429. The second kappa shape index (κ2) is 7.49. The lowest BCUT2D eigenvalue weighted by Gasteiger charge is -2.10. The zero-order valence-electron chi connectivity index (χ0n) is 11.6. The molecule has 6 heteroatoms. The summed E-state index contributed by atoms with van der Waals surface area (Å²) in [7, 11) is 0. The fourth-order valence-electron chi connectivity index (χ4n) is 1.57. The maximum absolute atomic E-state index is 11.5. The van der Waals surface area contributed by atoms with E-state index in [1.165, 1.54) is 5.56 Å². The van der Waals surface area contributed by atoms with Crippen molar-refractivity contribution < 1.29 is 19.8 Å². The molecule has 0 aliphatic rings. The zero-order valence-corrected chi connectivity index (χ0v) is 11.6. The Morgan fingerprint density at radius 2 is 1.80 bits per heavy atom. The van der Waals surface area contributed by atoms with E-state index in [4.69, 9.17) is 10.2 Å². The van der Waals surface area contributed by atoms with Crippen molar-refractivity contribution in [3.05, 3.63) is 29.8 Å². The molecule has 0 heterocycles. The first-order valence-electron chi connectivity index (χ1n) is 6.46. The maximum Gasteiger partial charge on any atom is 0.332 e. The van der Waals surface area contributed by atoms with Crippen LogP contribution in [-0.2, 0) is 4.79 Å². The average molecular weight is 280 g/mol. The van der Waals surface area contributed by atoms with Gasteiger partial charge in [0.25, 0.3) is 0 Å². The Morgan fingerprint density at radius 3 is 2.30 bits per heavy atom. The van der Waals surface area contributed by atoms with Gasteiger partial charge in [0.05, 0.1) is 0 Å². The number of aliphatic carboxylic acids is 1. The minimum atomic E-state index is -1.46. The van der Waals surface area contributed by atoms with Crippen LogP contribution in [0.5, 0.6) is 0 Å². The molecule has 2 amide bonds. The standard InChI is InChI=1S/C14H20N2O4/c1-9(2)10-3-5-11(6-4-10)16-14(20)15-8-7-12(17)13(18)19/h3-6,9,12,17H,7-8H2,1-2H3,(H,18,19)(H2,15,16,20)/t12-/m0/s1. The number of urea groups is 1. The number of hydrogen-bond acceptors (Lipinski definition) is 3. The summed E-state index contributed by atoms with van der Waals surface area (Å²) in [6, 6.07) is 7.06. The molecule has 6 nitrogen and oxygen atoms in total. The first kappa shape index (κ1) is 16.0. The van der Waals surface area contributed by atoms with Gasteiger partial charge >= 0.3 is 12.0 Å². The predicted molar refractivity (Wildman–Crippen MR) is 75.8 cm³/mol. The van der Waals surface area contributed by atoms with Crippen molar-refractivity contribution in [1.29, 1.82) is 0 Å². The Morgan fingerprint density at radius 1 is 1.20 bits per heavy atom. The minimum absolute atomic E-state index is 0.0327. The molecule has 0 aromatic heterocycles. The second-order valence-corrected chi connectivity index (χ2v) is 4.80. The molecule has 0 unspecified atom stereocenters. The SMILES string of the molecule is CC(C)c1ccc(NC(=O)NCC[C@H](O)C(=O)O)cc1. The van der Waals surface area contributed by atoms with Crippen molar-refractivity contribution in [3.63, 3.8) is 0 Å². The fourth-order valence-corrected chi connectivity index (χ4v) is 1.57. The van der Waals surface area contributed by atoms with Crippen molar-refractivity contribution in [3.8, 4) is 0 Å². The molecule has 110 valence electrons. The molecule has 0 fully saturated rings. The van der Waals surface area contributed by atoms with Gasteiger partial charge in [-0.1, -0.05) is 26.0 Å². The molecular formula is C14H20N2O4. The Balaban J connectivity index is 2.37. The molecule has 0 aliphatic heterocycles. The molecule has 1 atom stereocenters. The molecule has 0 bridgehead atoms. The smallest absolute Gasteiger partial charge is 0.332 e. The van der Waals surface area contributed by atoms with Gasteiger partial charge in [-0.15, -0.1) is 0 Å². The molecule has 0 aliphatic carbocycles. The number of carboxylic acid groups (broad SMARTS) is 1. The number of nitrogens with one attached hydrogen (secondary N) is 2. The van der Waals surface area contributed by atoms with Crippen LogP contribution in [0.2, 0.25) is 0 Å². The maximum atomic E-state index is 11.5. The molecule has 20 heavy (non-hydrogen) atoms. The summed E-state index contributed by atoms with van der Waals surface area (Å²) in [6.07, 6.45) is -1.49. The number of aliphatic hydroxyl groups is 1. The minimum Gasteiger partial charge on any atom is -0.479 e. The van der Waals surface area contributed by atoms with E-state index in [0.29, 0.717) is 11.6 Å². The summed E-state index contributed by atoms with van der Waals surface area (Å²) >= 11 is 0. The van der Waals surface area contributed by atoms with Crippen molar-refractivity contribution in [2.24, 2.45) is 0 Å². The van der Waals surface area contributed by atoms with Crippen LogP contribution in [0.4, 0.5) is 10.5 Å². The van der Waals surface area contributed by atoms with Gasteiger partial charge in [0, 0.05) is 18.7 Å². The van der Waals surface area contributed by atoms with Gasteiger partial charge in [-0.05, 0) is 23.6 Å². The zero-order chi connectivity index (χ0) is 15.1. The Labute approximate surface area is 117 Å². The van der Waals surface area contributed by atoms with Crippen LogP contribution in [0.3, 0.4) is 0 Å². The van der Waals surface area contributed by atoms with E-state index < -0.39 is 18.1 Å². The van der Waals surface area contributed by atoms with Crippen molar-refractivity contribution >= 4 is 17.7 Å². The highest BCUT2D eigenvalue weighted by atomic mass is 16.4. The summed E-state index contributed by atoms with van der Waals surface area (Å²) in [5.41, 5.74) is 1.84. The third-order valence-electron chi connectivity index (χ3n) is 2.82. The summed E-state index contributed by atoms with van der Waals surface area (Å²) in [4.78, 5) is 21.9. The van der Waals surface area contributed by atoms with Gasteiger partial charge in [-0.25, -0.2) is 9.59 Å². The highest BCUT2D eigenvalue weighted by molar-refractivity contribution is 5.89. The van der Waals surface area contributed by atoms with E-state index in [1.54, 1.807) is 12.1 Å². The molecule has 1 aromatic rings. The molecule has 1 aromatic carbocycles. The largest absolute Gasteiger partial charge is 0.479 e. The van der Waals surface area contributed by atoms with Gasteiger partial charge in [-0.3, -0.25) is 0 Å². The molecule has 0 radical (unpaired) electrons. The number of carbonyl (C=O) groups excluding carboxylic acids is 1. The summed E-state index contributed by atoms with van der Waals surface area (Å²) < 4.78 is 0. The number of carbonyl (C=O) groups is 2. The van der Waals surface area contributed by atoms with E-state index in [9.17, 15) is 9.59 Å². The normalized spacial score (nSPS) is 12.0. The van der Waals surface area contributed by atoms with Crippen LogP contribution < -0.4 is 10.6 Å². The Kier molecular flexibility index (Phi) is 5.99. The molecule has 0 saturated carbocycles. The Hall–Kier alpha value is -2.08. The van der Waals surface area contributed by atoms with Gasteiger partial charge in [0.15, 0.2) is 6.10 Å². The first-order chi connectivity index (χ1) is 9.40. The highest BCUT2D eigenvalue weighted by Gasteiger charge is 2.12. The van der Waals surface area contributed by atoms with Gasteiger partial charge in [-0.2, -0.15) is 0 Å². The number of carboxylic acids is 1. The predicted octanol–water partition coefficient (Wildman–Crippen LogP) is 1.77. The topological polar surface area (TPSA) is 98.7 Å². The van der Waals surface area contributed by atoms with Crippen molar-refractivity contribution in [2.75, 3.05) is 11.9 Å². The molecule has 1 rings (SSSR count). The number of benzene rings is 1. The van der Waals surface area contributed by atoms with Crippen LogP contribution in [0.1, 0.15) is 31.7 Å². The van der Waals surface area contributed by atoms with Crippen LogP contribution in [0.15, 0.2) is 24.3 Å². The number of amides is 2. The average Bonchev–Trinajstić information content (AvgIpc) is 2.39.